The van der Waals surface area contributed by atoms with Crippen LogP contribution < -0.4 is 11.1 Å². The topological polar surface area (TPSA) is 72.9 Å². The lowest BCUT2D eigenvalue weighted by Crippen LogP contribution is -2.19. The third-order valence-corrected chi connectivity index (χ3v) is 2.76. The van der Waals surface area contributed by atoms with Crippen LogP contribution in [-0.4, -0.2) is 20.4 Å². The van der Waals surface area contributed by atoms with Gasteiger partial charge in [-0.15, -0.1) is 0 Å². The molecule has 0 saturated heterocycles. The summed E-state index contributed by atoms with van der Waals surface area (Å²) < 4.78 is 14.7. The van der Waals surface area contributed by atoms with Crippen LogP contribution >= 0.6 is 12.2 Å². The highest BCUT2D eigenvalue weighted by Crippen LogP contribution is 2.18. The van der Waals surface area contributed by atoms with Crippen LogP contribution in [0.4, 0.5) is 10.1 Å². The molecule has 0 aliphatic carbocycles. The fraction of sp³-hybridized carbons (Fsp3) is 0.0833. The molecule has 0 fully saturated rings. The van der Waals surface area contributed by atoms with E-state index in [1.807, 2.05) is 0 Å². The van der Waals surface area contributed by atoms with Crippen molar-refractivity contribution in [3.8, 4) is 0 Å². The largest absolute Gasteiger partial charge is 0.389 e. The van der Waals surface area contributed by atoms with Crippen LogP contribution in [0.25, 0.3) is 0 Å². The van der Waals surface area contributed by atoms with E-state index in [-0.39, 0.29) is 16.5 Å². The van der Waals surface area contributed by atoms with Crippen molar-refractivity contribution in [3.63, 3.8) is 0 Å². The predicted molar refractivity (Wildman–Crippen MR) is 73.4 cm³/mol. The number of nitrogens with one attached hydrogen (secondary N) is 1. The molecular formula is C12H11FN4OS. The Balaban J connectivity index is 2.32. The number of amides is 1. The van der Waals surface area contributed by atoms with Crippen molar-refractivity contribution >= 4 is 28.8 Å². The molecule has 0 aliphatic rings. The van der Waals surface area contributed by atoms with Crippen molar-refractivity contribution in [2.75, 3.05) is 5.32 Å². The van der Waals surface area contributed by atoms with E-state index in [1.165, 1.54) is 30.7 Å². The van der Waals surface area contributed by atoms with Crippen molar-refractivity contribution in [2.24, 2.45) is 12.8 Å². The van der Waals surface area contributed by atoms with Crippen LogP contribution in [0.1, 0.15) is 16.1 Å². The van der Waals surface area contributed by atoms with Gasteiger partial charge < -0.3 is 15.6 Å². The molecule has 0 spiro atoms. The number of aromatic nitrogens is 2. The Kier molecular flexibility index (Phi) is 3.57. The summed E-state index contributed by atoms with van der Waals surface area (Å²) in [7, 11) is 1.70. The molecule has 1 aromatic heterocycles. The van der Waals surface area contributed by atoms with Crippen LogP contribution in [-0.2, 0) is 7.05 Å². The second-order valence-corrected chi connectivity index (χ2v) is 4.34. The van der Waals surface area contributed by atoms with Crippen LogP contribution in [0.5, 0.6) is 0 Å². The monoisotopic (exact) mass is 278 g/mol. The standard InChI is InChI=1S/C12H11FN4OS/c1-17-6-15-5-10(17)12(18)16-9-3-2-7(13)4-8(9)11(14)19/h2-6H,1H3,(H2,14,19)(H,16,18). The van der Waals surface area contributed by atoms with E-state index >= 15 is 0 Å². The van der Waals surface area contributed by atoms with E-state index in [4.69, 9.17) is 18.0 Å². The highest BCUT2D eigenvalue weighted by Gasteiger charge is 2.13. The van der Waals surface area contributed by atoms with Gasteiger partial charge in [0.25, 0.3) is 5.91 Å². The second kappa shape index (κ2) is 5.15. The molecule has 19 heavy (non-hydrogen) atoms. The number of hydrogen-bond acceptors (Lipinski definition) is 3. The summed E-state index contributed by atoms with van der Waals surface area (Å²) in [6, 6.07) is 3.82. The van der Waals surface area contributed by atoms with Gasteiger partial charge in [-0.2, -0.15) is 0 Å². The zero-order chi connectivity index (χ0) is 14.0. The Labute approximate surface area is 114 Å². The van der Waals surface area contributed by atoms with Crippen molar-refractivity contribution in [2.45, 2.75) is 0 Å². The number of hydrogen-bond donors (Lipinski definition) is 2. The third kappa shape index (κ3) is 2.76. The van der Waals surface area contributed by atoms with E-state index in [9.17, 15) is 9.18 Å². The number of thiocarbonyl (C=S) groups is 1. The summed E-state index contributed by atoms with van der Waals surface area (Å²) in [5.41, 5.74) is 6.52. The maximum atomic E-state index is 13.1. The number of nitrogens with two attached hydrogens (primary N) is 1. The number of aryl methyl sites for hydroxylation is 1. The molecule has 1 amide bonds. The zero-order valence-electron chi connectivity index (χ0n) is 10.1. The van der Waals surface area contributed by atoms with E-state index in [0.717, 1.165) is 0 Å². The number of halogens is 1. The fourth-order valence-corrected chi connectivity index (χ4v) is 1.76. The number of nitrogens with zero attached hydrogens (tertiary/aromatic N) is 2. The number of rotatable bonds is 3. The molecule has 5 nitrogen and oxygen atoms in total. The molecule has 2 rings (SSSR count). The van der Waals surface area contributed by atoms with Gasteiger partial charge >= 0.3 is 0 Å². The number of carbonyl (C=O) groups is 1. The van der Waals surface area contributed by atoms with Gasteiger partial charge in [-0.1, -0.05) is 12.2 Å². The minimum absolute atomic E-state index is 0.0137. The third-order valence-electron chi connectivity index (χ3n) is 2.54. The molecule has 0 unspecified atom stereocenters. The van der Waals surface area contributed by atoms with Crippen LogP contribution in [0, 0.1) is 5.82 Å². The first kappa shape index (κ1) is 13.2. The van der Waals surface area contributed by atoms with Crippen molar-refractivity contribution < 1.29 is 9.18 Å². The van der Waals surface area contributed by atoms with Crippen LogP contribution in [0.2, 0.25) is 0 Å². The molecule has 0 saturated carbocycles. The van der Waals surface area contributed by atoms with Gasteiger partial charge in [0.05, 0.1) is 18.2 Å². The van der Waals surface area contributed by atoms with Gasteiger partial charge in [-0.3, -0.25) is 4.79 Å². The average Bonchev–Trinajstić information content (AvgIpc) is 2.77. The highest BCUT2D eigenvalue weighted by molar-refractivity contribution is 7.80. The highest BCUT2D eigenvalue weighted by atomic mass is 32.1. The quantitative estimate of drug-likeness (QED) is 0.833. The fourth-order valence-electron chi connectivity index (χ4n) is 1.59. The number of carbonyl (C=O) groups excluding carboxylic acids is 1. The first-order chi connectivity index (χ1) is 8.99. The van der Waals surface area contributed by atoms with Gasteiger partial charge in [0.2, 0.25) is 0 Å². The molecule has 98 valence electrons. The molecule has 0 atom stereocenters. The molecular weight excluding hydrogens is 267 g/mol. The average molecular weight is 278 g/mol. The molecule has 7 heteroatoms. The SMILES string of the molecule is Cn1cncc1C(=O)Nc1ccc(F)cc1C(N)=S. The van der Waals surface area contributed by atoms with Gasteiger partial charge in [-0.25, -0.2) is 9.37 Å². The summed E-state index contributed by atoms with van der Waals surface area (Å²) in [6.07, 6.45) is 2.94. The normalized spacial score (nSPS) is 10.2. The Hall–Kier alpha value is -2.28. The van der Waals surface area contributed by atoms with Gasteiger partial charge in [0, 0.05) is 12.6 Å². The maximum absolute atomic E-state index is 13.1. The first-order valence-corrected chi connectivity index (χ1v) is 5.77. The minimum atomic E-state index is -0.471. The summed E-state index contributed by atoms with van der Waals surface area (Å²) >= 11 is 4.83. The van der Waals surface area contributed by atoms with Crippen molar-refractivity contribution in [1.82, 2.24) is 9.55 Å². The molecule has 1 heterocycles. The van der Waals surface area contributed by atoms with Crippen LogP contribution in [0.15, 0.2) is 30.7 Å². The van der Waals surface area contributed by atoms with Crippen molar-refractivity contribution in [3.05, 3.63) is 47.8 Å². The molecule has 1 aromatic carbocycles. The lowest BCUT2D eigenvalue weighted by atomic mass is 10.1. The van der Waals surface area contributed by atoms with Crippen molar-refractivity contribution in [1.29, 1.82) is 0 Å². The van der Waals surface area contributed by atoms with Gasteiger partial charge in [0.15, 0.2) is 0 Å². The van der Waals surface area contributed by atoms with E-state index in [0.29, 0.717) is 11.4 Å². The summed E-state index contributed by atoms with van der Waals surface area (Å²) in [5, 5.41) is 2.63. The Morgan fingerprint density at radius 3 is 2.84 bits per heavy atom. The molecule has 0 bridgehead atoms. The summed E-state index contributed by atoms with van der Waals surface area (Å²) in [6.45, 7) is 0. The minimum Gasteiger partial charge on any atom is -0.389 e. The summed E-state index contributed by atoms with van der Waals surface area (Å²) in [4.78, 5) is 15.9. The first-order valence-electron chi connectivity index (χ1n) is 5.36. The Morgan fingerprint density at radius 2 is 2.26 bits per heavy atom. The van der Waals surface area contributed by atoms with E-state index in [2.05, 4.69) is 10.3 Å². The lowest BCUT2D eigenvalue weighted by molar-refractivity contribution is 0.101. The van der Waals surface area contributed by atoms with Gasteiger partial charge in [-0.05, 0) is 18.2 Å². The number of benzene rings is 1. The van der Waals surface area contributed by atoms with Gasteiger partial charge in [0.1, 0.15) is 16.5 Å². The number of anilines is 1. The Bertz CT molecular complexity index is 653. The van der Waals surface area contributed by atoms with E-state index in [1.54, 1.807) is 11.6 Å². The molecule has 2 aromatic rings. The lowest BCUT2D eigenvalue weighted by Gasteiger charge is -2.10. The predicted octanol–water partition coefficient (Wildman–Crippen LogP) is 1.45. The summed E-state index contributed by atoms with van der Waals surface area (Å²) in [5.74, 6) is -0.842. The zero-order valence-corrected chi connectivity index (χ0v) is 10.9. The second-order valence-electron chi connectivity index (χ2n) is 3.90. The van der Waals surface area contributed by atoms with Crippen LogP contribution in [0.3, 0.4) is 0 Å². The maximum Gasteiger partial charge on any atom is 0.273 e. The molecule has 3 N–H and O–H groups in total. The molecule has 0 aliphatic heterocycles. The number of imidazole rings is 1. The Morgan fingerprint density at radius 1 is 1.53 bits per heavy atom. The van der Waals surface area contributed by atoms with E-state index < -0.39 is 5.82 Å². The smallest absolute Gasteiger partial charge is 0.273 e. The molecule has 0 radical (unpaired) electrons.